The van der Waals surface area contributed by atoms with Gasteiger partial charge in [0.2, 0.25) is 0 Å². The van der Waals surface area contributed by atoms with Gasteiger partial charge >= 0.3 is 0 Å². The van der Waals surface area contributed by atoms with Crippen molar-refractivity contribution in [2.45, 2.75) is 25.9 Å². The number of para-hydroxylation sites is 1. The fourth-order valence-electron chi connectivity index (χ4n) is 3.32. The van der Waals surface area contributed by atoms with Crippen LogP contribution in [0.15, 0.2) is 60.9 Å². The second-order valence-electron chi connectivity index (χ2n) is 6.26. The van der Waals surface area contributed by atoms with Gasteiger partial charge in [-0.25, -0.2) is 14.4 Å². The third-order valence-electron chi connectivity index (χ3n) is 4.52. The van der Waals surface area contributed by atoms with Crippen molar-refractivity contribution in [3.63, 3.8) is 0 Å². The minimum absolute atomic E-state index is 0.216. The molecule has 25 heavy (non-hydrogen) atoms. The molecule has 1 aliphatic heterocycles. The number of benzene rings is 2. The van der Waals surface area contributed by atoms with Crippen molar-refractivity contribution >= 4 is 17.3 Å². The SMILES string of the molecule is CC1Cc2ccccc2N1c1cc(NCc2ccccc2F)ncn1. The molecule has 2 heterocycles. The molecule has 126 valence electrons. The molecule has 0 saturated heterocycles. The highest BCUT2D eigenvalue weighted by molar-refractivity contribution is 5.69. The van der Waals surface area contributed by atoms with Crippen LogP contribution >= 0.6 is 0 Å². The number of fused-ring (bicyclic) bond motifs is 1. The fraction of sp³-hybridized carbons (Fsp3) is 0.200. The van der Waals surface area contributed by atoms with Crippen molar-refractivity contribution in [2.75, 3.05) is 10.2 Å². The third-order valence-corrected chi connectivity index (χ3v) is 4.52. The molecule has 0 aliphatic carbocycles. The van der Waals surface area contributed by atoms with Crippen LogP contribution in [0.25, 0.3) is 0 Å². The van der Waals surface area contributed by atoms with Crippen LogP contribution in [0, 0.1) is 5.82 Å². The molecule has 3 aromatic rings. The largest absolute Gasteiger partial charge is 0.366 e. The maximum atomic E-state index is 13.8. The van der Waals surface area contributed by atoms with Crippen LogP contribution < -0.4 is 10.2 Å². The highest BCUT2D eigenvalue weighted by Gasteiger charge is 2.27. The van der Waals surface area contributed by atoms with Crippen molar-refractivity contribution < 1.29 is 4.39 Å². The second kappa shape index (κ2) is 6.51. The number of halogens is 1. The first-order chi connectivity index (χ1) is 12.2. The molecule has 1 N–H and O–H groups in total. The van der Waals surface area contributed by atoms with Crippen LogP contribution in [-0.4, -0.2) is 16.0 Å². The molecule has 4 rings (SSSR count). The molecule has 1 aliphatic rings. The highest BCUT2D eigenvalue weighted by Crippen LogP contribution is 2.37. The van der Waals surface area contributed by atoms with Crippen LogP contribution in [0.3, 0.4) is 0 Å². The lowest BCUT2D eigenvalue weighted by molar-refractivity contribution is 0.613. The first kappa shape index (κ1) is 15.6. The van der Waals surface area contributed by atoms with Gasteiger partial charge in [0.1, 0.15) is 23.8 Å². The summed E-state index contributed by atoms with van der Waals surface area (Å²) in [4.78, 5) is 10.9. The molecule has 2 aromatic carbocycles. The van der Waals surface area contributed by atoms with E-state index in [1.54, 1.807) is 18.5 Å². The van der Waals surface area contributed by atoms with E-state index in [2.05, 4.69) is 45.3 Å². The van der Waals surface area contributed by atoms with Crippen LogP contribution in [0.4, 0.5) is 21.7 Å². The Morgan fingerprint density at radius 2 is 1.92 bits per heavy atom. The first-order valence-electron chi connectivity index (χ1n) is 8.39. The summed E-state index contributed by atoms with van der Waals surface area (Å²) < 4.78 is 13.8. The number of rotatable bonds is 4. The number of nitrogens with zero attached hydrogens (tertiary/aromatic N) is 3. The maximum Gasteiger partial charge on any atom is 0.138 e. The number of anilines is 3. The van der Waals surface area contributed by atoms with Gasteiger partial charge in [0, 0.05) is 29.9 Å². The molecule has 0 fully saturated rings. The molecule has 1 unspecified atom stereocenters. The Morgan fingerprint density at radius 3 is 2.80 bits per heavy atom. The quantitative estimate of drug-likeness (QED) is 0.772. The summed E-state index contributed by atoms with van der Waals surface area (Å²) in [6.45, 7) is 2.57. The monoisotopic (exact) mass is 334 g/mol. The Labute approximate surface area is 146 Å². The van der Waals surface area contributed by atoms with Gasteiger partial charge < -0.3 is 10.2 Å². The second-order valence-corrected chi connectivity index (χ2v) is 6.26. The van der Waals surface area contributed by atoms with E-state index in [0.29, 0.717) is 24.0 Å². The third kappa shape index (κ3) is 3.05. The van der Waals surface area contributed by atoms with Crippen LogP contribution in [0.1, 0.15) is 18.1 Å². The van der Waals surface area contributed by atoms with E-state index in [9.17, 15) is 4.39 Å². The molecule has 0 radical (unpaired) electrons. The molecular formula is C20H19FN4. The van der Waals surface area contributed by atoms with Crippen LogP contribution in [0.2, 0.25) is 0 Å². The molecule has 5 heteroatoms. The lowest BCUT2D eigenvalue weighted by Gasteiger charge is -2.24. The zero-order valence-corrected chi connectivity index (χ0v) is 14.0. The Kier molecular flexibility index (Phi) is 4.06. The van der Waals surface area contributed by atoms with E-state index in [0.717, 1.165) is 12.2 Å². The summed E-state index contributed by atoms with van der Waals surface area (Å²) in [6, 6.07) is 17.4. The van der Waals surface area contributed by atoms with Gasteiger partial charge in [-0.05, 0) is 31.0 Å². The molecule has 0 spiro atoms. The predicted molar refractivity (Wildman–Crippen MR) is 97.5 cm³/mol. The molecule has 0 bridgehead atoms. The summed E-state index contributed by atoms with van der Waals surface area (Å²) in [5, 5.41) is 3.19. The zero-order chi connectivity index (χ0) is 17.2. The normalized spacial score (nSPS) is 15.9. The Balaban J connectivity index is 1.57. The van der Waals surface area contributed by atoms with Crippen molar-refractivity contribution in [2.24, 2.45) is 0 Å². The van der Waals surface area contributed by atoms with Crippen molar-refractivity contribution in [1.82, 2.24) is 9.97 Å². The van der Waals surface area contributed by atoms with E-state index < -0.39 is 0 Å². The molecule has 1 atom stereocenters. The summed E-state index contributed by atoms with van der Waals surface area (Å²) >= 11 is 0. The Morgan fingerprint density at radius 1 is 1.12 bits per heavy atom. The Hall–Kier alpha value is -2.95. The number of aromatic nitrogens is 2. The van der Waals surface area contributed by atoms with Crippen molar-refractivity contribution in [1.29, 1.82) is 0 Å². The van der Waals surface area contributed by atoms with E-state index in [-0.39, 0.29) is 5.82 Å². The Bertz CT molecular complexity index is 896. The van der Waals surface area contributed by atoms with Crippen LogP contribution in [0.5, 0.6) is 0 Å². The van der Waals surface area contributed by atoms with Crippen molar-refractivity contribution in [3.8, 4) is 0 Å². The minimum Gasteiger partial charge on any atom is -0.366 e. The zero-order valence-electron chi connectivity index (χ0n) is 14.0. The van der Waals surface area contributed by atoms with Gasteiger partial charge in [-0.1, -0.05) is 36.4 Å². The predicted octanol–water partition coefficient (Wildman–Crippen LogP) is 4.31. The highest BCUT2D eigenvalue weighted by atomic mass is 19.1. The summed E-state index contributed by atoms with van der Waals surface area (Å²) in [5.74, 6) is 1.32. The average molecular weight is 334 g/mol. The lowest BCUT2D eigenvalue weighted by Crippen LogP contribution is -2.25. The summed E-state index contributed by atoms with van der Waals surface area (Å²) in [7, 11) is 0. The van der Waals surface area contributed by atoms with Crippen molar-refractivity contribution in [3.05, 3.63) is 77.9 Å². The standard InChI is InChI=1S/C20H19FN4/c1-14-10-15-6-3-5-9-18(15)25(14)20-11-19(23-13-24-20)22-12-16-7-2-4-8-17(16)21/h2-9,11,13-14H,10,12H2,1H3,(H,22,23,24). The molecule has 4 nitrogen and oxygen atoms in total. The van der Waals surface area contributed by atoms with Crippen LogP contribution in [-0.2, 0) is 13.0 Å². The molecule has 0 saturated carbocycles. The first-order valence-corrected chi connectivity index (χ1v) is 8.39. The molecule has 0 amide bonds. The number of hydrogen-bond acceptors (Lipinski definition) is 4. The topological polar surface area (TPSA) is 41.0 Å². The number of hydrogen-bond donors (Lipinski definition) is 1. The van der Waals surface area contributed by atoms with Gasteiger partial charge in [0.15, 0.2) is 0 Å². The van der Waals surface area contributed by atoms with Gasteiger partial charge in [-0.15, -0.1) is 0 Å². The van der Waals surface area contributed by atoms with Gasteiger partial charge in [0.05, 0.1) is 0 Å². The van der Waals surface area contributed by atoms with E-state index in [4.69, 9.17) is 0 Å². The lowest BCUT2D eigenvalue weighted by atomic mass is 10.1. The fourth-order valence-corrected chi connectivity index (χ4v) is 3.32. The van der Waals surface area contributed by atoms with E-state index >= 15 is 0 Å². The summed E-state index contributed by atoms with van der Waals surface area (Å²) in [5.41, 5.74) is 3.13. The molecule has 1 aromatic heterocycles. The maximum absolute atomic E-state index is 13.8. The smallest absolute Gasteiger partial charge is 0.138 e. The minimum atomic E-state index is -0.216. The molecular weight excluding hydrogens is 315 g/mol. The van der Waals surface area contributed by atoms with Gasteiger partial charge in [0.25, 0.3) is 0 Å². The van der Waals surface area contributed by atoms with Gasteiger partial charge in [-0.3, -0.25) is 0 Å². The van der Waals surface area contributed by atoms with E-state index in [1.807, 2.05) is 18.2 Å². The summed E-state index contributed by atoms with van der Waals surface area (Å²) in [6.07, 6.45) is 2.55. The average Bonchev–Trinajstić information content (AvgIpc) is 2.97. The van der Waals surface area contributed by atoms with Gasteiger partial charge in [-0.2, -0.15) is 0 Å². The number of nitrogens with one attached hydrogen (secondary N) is 1. The van der Waals surface area contributed by atoms with E-state index in [1.165, 1.54) is 17.3 Å².